The van der Waals surface area contributed by atoms with Crippen LogP contribution in [0.1, 0.15) is 23.4 Å². The molecule has 0 amide bonds. The molecule has 3 rings (SSSR count). The quantitative estimate of drug-likeness (QED) is 0.632. The Labute approximate surface area is 116 Å². The number of aromatic nitrogens is 5. The zero-order valence-corrected chi connectivity index (χ0v) is 11.0. The second kappa shape index (κ2) is 6.12. The van der Waals surface area contributed by atoms with Gasteiger partial charge < -0.3 is 15.3 Å². The van der Waals surface area contributed by atoms with E-state index < -0.39 is 0 Å². The second-order valence-electron chi connectivity index (χ2n) is 4.41. The van der Waals surface area contributed by atoms with Gasteiger partial charge in [0, 0.05) is 49.6 Å². The van der Waals surface area contributed by atoms with Crippen molar-refractivity contribution in [1.29, 1.82) is 0 Å². The zero-order chi connectivity index (χ0) is 13.6. The van der Waals surface area contributed by atoms with Crippen molar-refractivity contribution in [3.05, 3.63) is 66.5 Å². The average molecular weight is 268 g/mol. The maximum atomic E-state index is 4.31. The Morgan fingerprint density at radius 1 is 0.950 bits per heavy atom. The Balaban J connectivity index is 1.66. The molecule has 3 aromatic heterocycles. The smallest absolute Gasteiger partial charge is 0.131 e. The number of nitrogens with one attached hydrogen (secondary N) is 3. The number of nitrogens with zero attached hydrogens (tertiary/aromatic N) is 3. The lowest BCUT2D eigenvalue weighted by Gasteiger charge is -2.14. The molecule has 0 aromatic carbocycles. The summed E-state index contributed by atoms with van der Waals surface area (Å²) in [6.45, 7) is 0.795. The van der Waals surface area contributed by atoms with E-state index in [2.05, 4.69) is 30.2 Å². The molecule has 6 heteroatoms. The number of hydrogen-bond acceptors (Lipinski definition) is 4. The van der Waals surface area contributed by atoms with Gasteiger partial charge in [-0.05, 0) is 12.1 Å². The summed E-state index contributed by atoms with van der Waals surface area (Å²) < 4.78 is 0. The molecule has 0 aliphatic heterocycles. The van der Waals surface area contributed by atoms with Crippen LogP contribution >= 0.6 is 0 Å². The van der Waals surface area contributed by atoms with Gasteiger partial charge in [0.25, 0.3) is 0 Å². The molecule has 102 valence electrons. The van der Waals surface area contributed by atoms with Gasteiger partial charge in [-0.15, -0.1) is 0 Å². The van der Waals surface area contributed by atoms with Gasteiger partial charge in [-0.3, -0.25) is 4.98 Å². The first-order chi connectivity index (χ1) is 9.93. The fourth-order valence-corrected chi connectivity index (χ4v) is 2.08. The van der Waals surface area contributed by atoms with Crippen LogP contribution in [-0.4, -0.2) is 31.5 Å². The molecule has 0 unspecified atom stereocenters. The number of aromatic amines is 2. The SMILES string of the molecule is c1ccc(CCNC(c2ncc[nH]2)c2ncc[nH]2)nc1. The van der Waals surface area contributed by atoms with Gasteiger partial charge in [-0.1, -0.05) is 6.07 Å². The van der Waals surface area contributed by atoms with Gasteiger partial charge in [0.1, 0.15) is 17.7 Å². The minimum atomic E-state index is -0.0660. The monoisotopic (exact) mass is 268 g/mol. The second-order valence-corrected chi connectivity index (χ2v) is 4.41. The molecular weight excluding hydrogens is 252 g/mol. The Morgan fingerprint density at radius 2 is 1.70 bits per heavy atom. The minimum absolute atomic E-state index is 0.0660. The molecule has 0 bridgehead atoms. The van der Waals surface area contributed by atoms with Gasteiger partial charge in [0.05, 0.1) is 0 Å². The standard InChI is InChI=1S/C14H16N6/c1-2-5-15-11(3-1)4-6-16-12(13-17-7-8-18-13)14-19-9-10-20-14/h1-3,5,7-10,12,16H,4,6H2,(H,17,18)(H,19,20). The third-order valence-corrected chi connectivity index (χ3v) is 3.04. The molecule has 0 atom stereocenters. The van der Waals surface area contributed by atoms with Gasteiger partial charge in [0.2, 0.25) is 0 Å². The minimum Gasteiger partial charge on any atom is -0.347 e. The fraction of sp³-hybridized carbons (Fsp3) is 0.214. The molecule has 0 saturated carbocycles. The highest BCUT2D eigenvalue weighted by Crippen LogP contribution is 2.14. The summed E-state index contributed by atoms with van der Waals surface area (Å²) in [6.07, 6.45) is 9.78. The van der Waals surface area contributed by atoms with Crippen LogP contribution in [-0.2, 0) is 6.42 Å². The fourth-order valence-electron chi connectivity index (χ4n) is 2.08. The van der Waals surface area contributed by atoms with Crippen molar-refractivity contribution in [2.75, 3.05) is 6.54 Å². The first-order valence-electron chi connectivity index (χ1n) is 6.55. The third-order valence-electron chi connectivity index (χ3n) is 3.04. The summed E-state index contributed by atoms with van der Waals surface area (Å²) in [5, 5.41) is 3.45. The first kappa shape index (κ1) is 12.6. The highest BCUT2D eigenvalue weighted by atomic mass is 15.1. The highest BCUT2D eigenvalue weighted by Gasteiger charge is 2.17. The Bertz CT molecular complexity index is 568. The zero-order valence-electron chi connectivity index (χ0n) is 11.0. The van der Waals surface area contributed by atoms with E-state index in [0.29, 0.717) is 0 Å². The number of H-pyrrole nitrogens is 2. The highest BCUT2D eigenvalue weighted by molar-refractivity contribution is 5.10. The predicted molar refractivity (Wildman–Crippen MR) is 75.0 cm³/mol. The molecule has 6 nitrogen and oxygen atoms in total. The van der Waals surface area contributed by atoms with Crippen molar-refractivity contribution < 1.29 is 0 Å². The summed E-state index contributed by atoms with van der Waals surface area (Å²) in [6, 6.07) is 5.88. The molecule has 3 heterocycles. The van der Waals surface area contributed by atoms with Crippen molar-refractivity contribution in [2.24, 2.45) is 0 Å². The van der Waals surface area contributed by atoms with Crippen LogP contribution < -0.4 is 5.32 Å². The normalized spacial score (nSPS) is 11.1. The van der Waals surface area contributed by atoms with E-state index in [0.717, 1.165) is 30.3 Å². The van der Waals surface area contributed by atoms with Gasteiger partial charge in [-0.2, -0.15) is 0 Å². The topological polar surface area (TPSA) is 82.3 Å². The number of pyridine rings is 1. The van der Waals surface area contributed by atoms with E-state index in [1.54, 1.807) is 12.4 Å². The van der Waals surface area contributed by atoms with Crippen molar-refractivity contribution in [1.82, 2.24) is 30.2 Å². The molecule has 0 saturated heterocycles. The average Bonchev–Trinajstić information content (AvgIpc) is 3.18. The summed E-state index contributed by atoms with van der Waals surface area (Å²) in [4.78, 5) is 19.2. The van der Waals surface area contributed by atoms with Gasteiger partial charge in [-0.25, -0.2) is 9.97 Å². The lowest BCUT2D eigenvalue weighted by atomic mass is 10.2. The van der Waals surface area contributed by atoms with Crippen LogP contribution in [0.3, 0.4) is 0 Å². The third kappa shape index (κ3) is 2.92. The van der Waals surface area contributed by atoms with Crippen molar-refractivity contribution in [3.8, 4) is 0 Å². The van der Waals surface area contributed by atoms with Crippen LogP contribution in [0.5, 0.6) is 0 Å². The van der Waals surface area contributed by atoms with E-state index >= 15 is 0 Å². The summed E-state index contributed by atoms with van der Waals surface area (Å²) in [7, 11) is 0. The largest absolute Gasteiger partial charge is 0.347 e. The van der Waals surface area contributed by atoms with Gasteiger partial charge in [0.15, 0.2) is 0 Å². The van der Waals surface area contributed by atoms with E-state index in [9.17, 15) is 0 Å². The lowest BCUT2D eigenvalue weighted by molar-refractivity contribution is 0.558. The molecule has 0 fully saturated rings. The first-order valence-corrected chi connectivity index (χ1v) is 6.55. The molecular formula is C14H16N6. The number of imidazole rings is 2. The molecule has 3 aromatic rings. The number of rotatable bonds is 6. The molecule has 0 aliphatic carbocycles. The lowest BCUT2D eigenvalue weighted by Crippen LogP contribution is -2.26. The molecule has 3 N–H and O–H groups in total. The molecule has 0 aliphatic rings. The number of hydrogen-bond donors (Lipinski definition) is 3. The van der Waals surface area contributed by atoms with Gasteiger partial charge >= 0.3 is 0 Å². The Hall–Kier alpha value is -2.47. The molecule has 0 radical (unpaired) electrons. The Morgan fingerprint density at radius 3 is 2.25 bits per heavy atom. The molecule has 0 spiro atoms. The maximum Gasteiger partial charge on any atom is 0.131 e. The van der Waals surface area contributed by atoms with Crippen LogP contribution in [0.15, 0.2) is 49.2 Å². The van der Waals surface area contributed by atoms with Crippen LogP contribution in [0.4, 0.5) is 0 Å². The predicted octanol–water partition coefficient (Wildman–Crippen LogP) is 1.45. The van der Waals surface area contributed by atoms with Crippen LogP contribution in [0.2, 0.25) is 0 Å². The van der Waals surface area contributed by atoms with Crippen LogP contribution in [0.25, 0.3) is 0 Å². The van der Waals surface area contributed by atoms with E-state index in [-0.39, 0.29) is 6.04 Å². The maximum absolute atomic E-state index is 4.31. The van der Waals surface area contributed by atoms with E-state index in [1.807, 2.05) is 36.8 Å². The van der Waals surface area contributed by atoms with E-state index in [4.69, 9.17) is 0 Å². The van der Waals surface area contributed by atoms with E-state index in [1.165, 1.54) is 0 Å². The summed E-state index contributed by atoms with van der Waals surface area (Å²) >= 11 is 0. The molecule has 20 heavy (non-hydrogen) atoms. The van der Waals surface area contributed by atoms with Crippen LogP contribution in [0, 0.1) is 0 Å². The van der Waals surface area contributed by atoms with Crippen molar-refractivity contribution in [2.45, 2.75) is 12.5 Å². The Kier molecular flexibility index (Phi) is 3.84. The van der Waals surface area contributed by atoms with Crippen molar-refractivity contribution in [3.63, 3.8) is 0 Å². The summed E-state index contributed by atoms with van der Waals surface area (Å²) in [5.74, 6) is 1.70. The summed E-state index contributed by atoms with van der Waals surface area (Å²) in [5.41, 5.74) is 1.07. The van der Waals surface area contributed by atoms with Crippen molar-refractivity contribution >= 4 is 0 Å².